The quantitative estimate of drug-likeness (QED) is 0.438. The SMILES string of the molecule is NC(=O)N1CC(=O)NCC1C(=O)O. The van der Waals surface area contributed by atoms with Crippen LogP contribution in [0, 0.1) is 0 Å². The Morgan fingerprint density at radius 1 is 1.62 bits per heavy atom. The first-order valence-electron chi connectivity index (χ1n) is 3.58. The lowest BCUT2D eigenvalue weighted by Crippen LogP contribution is -2.60. The summed E-state index contributed by atoms with van der Waals surface area (Å²) in [6.07, 6.45) is 0. The number of carboxylic acid groups (broad SMARTS) is 1. The zero-order valence-corrected chi connectivity index (χ0v) is 6.69. The first-order chi connectivity index (χ1) is 6.02. The number of carbonyl (C=O) groups is 3. The highest BCUT2D eigenvalue weighted by Gasteiger charge is 2.33. The average Bonchev–Trinajstić information content (AvgIpc) is 2.03. The van der Waals surface area contributed by atoms with E-state index in [1.54, 1.807) is 0 Å². The molecule has 0 radical (unpaired) electrons. The summed E-state index contributed by atoms with van der Waals surface area (Å²) in [7, 11) is 0. The number of hydrogen-bond donors (Lipinski definition) is 3. The summed E-state index contributed by atoms with van der Waals surface area (Å²) in [5, 5.41) is 11.0. The van der Waals surface area contributed by atoms with E-state index < -0.39 is 23.9 Å². The molecule has 0 saturated carbocycles. The van der Waals surface area contributed by atoms with E-state index in [2.05, 4.69) is 5.32 Å². The summed E-state index contributed by atoms with van der Waals surface area (Å²) in [6.45, 7) is -0.399. The van der Waals surface area contributed by atoms with Crippen molar-refractivity contribution in [1.82, 2.24) is 10.2 Å². The number of carbonyl (C=O) groups excluding carboxylic acids is 2. The fraction of sp³-hybridized carbons (Fsp3) is 0.500. The molecule has 1 heterocycles. The lowest BCUT2D eigenvalue weighted by atomic mass is 10.2. The molecular formula is C6H9N3O4. The summed E-state index contributed by atoms with van der Waals surface area (Å²) in [4.78, 5) is 32.9. The molecule has 7 nitrogen and oxygen atoms in total. The number of piperazine rings is 1. The fourth-order valence-electron chi connectivity index (χ4n) is 1.09. The van der Waals surface area contributed by atoms with E-state index in [0.29, 0.717) is 0 Å². The third kappa shape index (κ3) is 1.86. The summed E-state index contributed by atoms with van der Waals surface area (Å²) < 4.78 is 0. The van der Waals surface area contributed by atoms with E-state index >= 15 is 0 Å². The predicted octanol–water partition coefficient (Wildman–Crippen LogP) is -2.05. The van der Waals surface area contributed by atoms with Crippen LogP contribution in [0.3, 0.4) is 0 Å². The smallest absolute Gasteiger partial charge is 0.328 e. The molecule has 7 heteroatoms. The highest BCUT2D eigenvalue weighted by atomic mass is 16.4. The van der Waals surface area contributed by atoms with Crippen LogP contribution in [0.1, 0.15) is 0 Å². The van der Waals surface area contributed by atoms with Gasteiger partial charge in [0.05, 0.1) is 0 Å². The van der Waals surface area contributed by atoms with Gasteiger partial charge in [0.25, 0.3) is 0 Å². The van der Waals surface area contributed by atoms with Crippen molar-refractivity contribution in [2.24, 2.45) is 5.73 Å². The van der Waals surface area contributed by atoms with Gasteiger partial charge in [0.15, 0.2) is 0 Å². The molecule has 1 fully saturated rings. The third-order valence-corrected chi connectivity index (χ3v) is 1.75. The molecule has 1 rings (SSSR count). The number of carboxylic acids is 1. The Hall–Kier alpha value is -1.79. The Morgan fingerprint density at radius 3 is 2.69 bits per heavy atom. The molecule has 13 heavy (non-hydrogen) atoms. The van der Waals surface area contributed by atoms with Crippen LogP contribution < -0.4 is 11.1 Å². The van der Waals surface area contributed by atoms with Gasteiger partial charge in [-0.2, -0.15) is 0 Å². The topological polar surface area (TPSA) is 113 Å². The molecule has 0 aromatic heterocycles. The minimum Gasteiger partial charge on any atom is -0.480 e. The molecule has 0 aromatic rings. The van der Waals surface area contributed by atoms with Gasteiger partial charge >= 0.3 is 12.0 Å². The number of nitrogens with zero attached hydrogens (tertiary/aromatic N) is 1. The maximum Gasteiger partial charge on any atom is 0.328 e. The Morgan fingerprint density at radius 2 is 2.23 bits per heavy atom. The van der Waals surface area contributed by atoms with E-state index in [1.165, 1.54) is 0 Å². The van der Waals surface area contributed by atoms with Crippen molar-refractivity contribution < 1.29 is 19.5 Å². The van der Waals surface area contributed by atoms with Crippen molar-refractivity contribution in [2.45, 2.75) is 6.04 Å². The molecule has 1 unspecified atom stereocenters. The highest BCUT2D eigenvalue weighted by molar-refractivity contribution is 5.89. The van der Waals surface area contributed by atoms with Gasteiger partial charge < -0.3 is 21.1 Å². The number of hydrogen-bond acceptors (Lipinski definition) is 3. The van der Waals surface area contributed by atoms with Crippen LogP contribution in [0.4, 0.5) is 4.79 Å². The van der Waals surface area contributed by atoms with Gasteiger partial charge in [-0.05, 0) is 0 Å². The first-order valence-corrected chi connectivity index (χ1v) is 3.58. The molecule has 0 spiro atoms. The second-order valence-corrected chi connectivity index (χ2v) is 2.62. The second-order valence-electron chi connectivity index (χ2n) is 2.62. The lowest BCUT2D eigenvalue weighted by molar-refractivity contribution is -0.144. The van der Waals surface area contributed by atoms with Gasteiger partial charge in [-0.1, -0.05) is 0 Å². The zero-order chi connectivity index (χ0) is 10.0. The summed E-state index contributed by atoms with van der Waals surface area (Å²) in [5.74, 6) is -1.59. The number of primary amides is 1. The lowest BCUT2D eigenvalue weighted by Gasteiger charge is -2.30. The van der Waals surface area contributed by atoms with Crippen LogP contribution >= 0.6 is 0 Å². The van der Waals surface area contributed by atoms with Crippen molar-refractivity contribution in [3.05, 3.63) is 0 Å². The van der Waals surface area contributed by atoms with Crippen LogP contribution in [-0.4, -0.2) is 47.0 Å². The fourth-order valence-corrected chi connectivity index (χ4v) is 1.09. The molecule has 3 amide bonds. The molecule has 72 valence electrons. The standard InChI is InChI=1S/C6H9N3O4/c7-6(13)9-2-4(10)8-1-3(9)5(11)12/h3H,1-2H2,(H2,7,13)(H,8,10)(H,11,12). The van der Waals surface area contributed by atoms with E-state index in [-0.39, 0.29) is 13.1 Å². The molecular weight excluding hydrogens is 178 g/mol. The van der Waals surface area contributed by atoms with Gasteiger partial charge in [-0.3, -0.25) is 4.79 Å². The van der Waals surface area contributed by atoms with Crippen LogP contribution in [0.15, 0.2) is 0 Å². The van der Waals surface area contributed by atoms with Crippen LogP contribution in [0.5, 0.6) is 0 Å². The van der Waals surface area contributed by atoms with Crippen molar-refractivity contribution in [2.75, 3.05) is 13.1 Å². The average molecular weight is 187 g/mol. The summed E-state index contributed by atoms with van der Waals surface area (Å²) in [5.41, 5.74) is 4.90. The predicted molar refractivity (Wildman–Crippen MR) is 40.7 cm³/mol. The van der Waals surface area contributed by atoms with Gasteiger partial charge in [0.2, 0.25) is 5.91 Å². The molecule has 1 aliphatic heterocycles. The molecule has 1 saturated heterocycles. The number of aliphatic carboxylic acids is 1. The molecule has 1 atom stereocenters. The minimum atomic E-state index is -1.18. The number of amides is 3. The van der Waals surface area contributed by atoms with Crippen molar-refractivity contribution in [1.29, 1.82) is 0 Å². The Balaban J connectivity index is 2.77. The maximum atomic E-state index is 10.8. The van der Waals surface area contributed by atoms with Crippen molar-refractivity contribution in [3.8, 4) is 0 Å². The van der Waals surface area contributed by atoms with Gasteiger partial charge in [0.1, 0.15) is 12.6 Å². The molecule has 4 N–H and O–H groups in total. The Kier molecular flexibility index (Phi) is 2.36. The van der Waals surface area contributed by atoms with E-state index in [9.17, 15) is 14.4 Å². The zero-order valence-electron chi connectivity index (χ0n) is 6.69. The van der Waals surface area contributed by atoms with Crippen LogP contribution in [0.25, 0.3) is 0 Å². The number of nitrogens with one attached hydrogen (secondary N) is 1. The normalized spacial score (nSPS) is 22.3. The first kappa shape index (κ1) is 9.30. The maximum absolute atomic E-state index is 10.8. The molecule has 0 aliphatic carbocycles. The number of urea groups is 1. The van der Waals surface area contributed by atoms with Gasteiger partial charge in [0, 0.05) is 6.54 Å². The Bertz CT molecular complexity index is 265. The Labute approximate surface area is 73.5 Å². The van der Waals surface area contributed by atoms with E-state index in [0.717, 1.165) is 4.90 Å². The van der Waals surface area contributed by atoms with Gasteiger partial charge in [-0.25, -0.2) is 9.59 Å². The third-order valence-electron chi connectivity index (χ3n) is 1.75. The van der Waals surface area contributed by atoms with Crippen molar-refractivity contribution >= 4 is 17.9 Å². The summed E-state index contributed by atoms with van der Waals surface area (Å²) >= 11 is 0. The number of rotatable bonds is 1. The molecule has 0 bridgehead atoms. The van der Waals surface area contributed by atoms with Crippen molar-refractivity contribution in [3.63, 3.8) is 0 Å². The van der Waals surface area contributed by atoms with E-state index in [4.69, 9.17) is 10.8 Å². The molecule has 0 aromatic carbocycles. The van der Waals surface area contributed by atoms with Crippen LogP contribution in [0.2, 0.25) is 0 Å². The van der Waals surface area contributed by atoms with E-state index in [1.807, 2.05) is 0 Å². The summed E-state index contributed by atoms with van der Waals surface area (Å²) in [6, 6.07) is -1.96. The molecule has 1 aliphatic rings. The van der Waals surface area contributed by atoms with Gasteiger partial charge in [-0.15, -0.1) is 0 Å². The second kappa shape index (κ2) is 3.30. The van der Waals surface area contributed by atoms with Crippen LogP contribution in [-0.2, 0) is 9.59 Å². The highest BCUT2D eigenvalue weighted by Crippen LogP contribution is 2.03. The monoisotopic (exact) mass is 187 g/mol. The largest absolute Gasteiger partial charge is 0.480 e. The minimum absolute atomic E-state index is 0.100. The number of nitrogens with two attached hydrogens (primary N) is 1.